The Morgan fingerprint density at radius 1 is 0.969 bits per heavy atom. The Hall–Kier alpha value is -2.97. The third-order valence-corrected chi connectivity index (χ3v) is 7.01. The van der Waals surface area contributed by atoms with Crippen molar-refractivity contribution in [3.05, 3.63) is 66.4 Å². The van der Waals surface area contributed by atoms with Gasteiger partial charge in [-0.25, -0.2) is 12.7 Å². The first-order chi connectivity index (χ1) is 15.6. The number of carbonyl (C=O) groups is 1. The molecule has 1 aliphatic carbocycles. The number of nitrogens with zero attached hydrogens (tertiary/aromatic N) is 4. The van der Waals surface area contributed by atoms with E-state index in [1.54, 1.807) is 36.5 Å². The highest BCUT2D eigenvalue weighted by atomic mass is 32.2. The molecule has 0 radical (unpaired) electrons. The topological polar surface area (TPSA) is 73.8 Å². The summed E-state index contributed by atoms with van der Waals surface area (Å²) < 4.78 is 25.6. The highest BCUT2D eigenvalue weighted by molar-refractivity contribution is 7.74. The normalized spacial score (nSPS) is 17.1. The van der Waals surface area contributed by atoms with Crippen molar-refractivity contribution in [1.29, 1.82) is 0 Å². The van der Waals surface area contributed by atoms with Gasteiger partial charge in [-0.1, -0.05) is 18.2 Å². The molecule has 0 N–H and O–H groups in total. The Morgan fingerprint density at radius 3 is 2.38 bits per heavy atom. The van der Waals surface area contributed by atoms with Gasteiger partial charge in [-0.05, 0) is 55.2 Å². The van der Waals surface area contributed by atoms with Gasteiger partial charge in [0, 0.05) is 49.9 Å². The summed E-state index contributed by atoms with van der Waals surface area (Å²) in [5.74, 6) is 0.852. The molecule has 1 saturated heterocycles. The minimum atomic E-state index is -2.94. The fourth-order valence-electron chi connectivity index (χ4n) is 4.31. The van der Waals surface area contributed by atoms with E-state index in [0.29, 0.717) is 22.5 Å². The lowest BCUT2D eigenvalue weighted by Gasteiger charge is -2.34. The minimum Gasteiger partial charge on any atom is -0.336 e. The molecule has 5 rings (SSSR count). The molecule has 1 amide bonds. The summed E-state index contributed by atoms with van der Waals surface area (Å²) in [6.07, 6.45) is 4.33. The van der Waals surface area contributed by atoms with Crippen LogP contribution in [0.4, 0.5) is 11.4 Å². The van der Waals surface area contributed by atoms with E-state index < -0.39 is 10.9 Å². The van der Waals surface area contributed by atoms with Crippen molar-refractivity contribution in [2.45, 2.75) is 12.8 Å². The lowest BCUT2D eigenvalue weighted by molar-refractivity contribution is 0.0632. The van der Waals surface area contributed by atoms with Crippen molar-refractivity contribution in [1.82, 2.24) is 14.8 Å². The van der Waals surface area contributed by atoms with Crippen LogP contribution in [0.3, 0.4) is 0 Å². The molecule has 7 nitrogen and oxygen atoms in total. The number of hydrogen-bond donors (Lipinski definition) is 1. The molecule has 2 aromatic carbocycles. The van der Waals surface area contributed by atoms with E-state index in [9.17, 15) is 13.2 Å². The number of aromatic nitrogens is 1. The third-order valence-electron chi connectivity index (χ3n) is 6.23. The predicted octanol–water partition coefficient (Wildman–Crippen LogP) is 3.07. The van der Waals surface area contributed by atoms with Gasteiger partial charge in [0.05, 0.1) is 16.9 Å². The average molecular weight is 451 g/mol. The molecule has 8 heteroatoms. The lowest BCUT2D eigenvalue weighted by atomic mass is 10.1. The summed E-state index contributed by atoms with van der Waals surface area (Å²) in [5, 5.41) is 0.861. The molecule has 2 heterocycles. The van der Waals surface area contributed by atoms with Crippen molar-refractivity contribution in [2.24, 2.45) is 5.92 Å². The lowest BCUT2D eigenvalue weighted by Crippen LogP contribution is -2.49. The molecule has 1 aromatic heterocycles. The van der Waals surface area contributed by atoms with Crippen LogP contribution in [0.2, 0.25) is 0 Å². The molecule has 0 atom stereocenters. The summed E-state index contributed by atoms with van der Waals surface area (Å²) in [4.78, 5) is 21.7. The van der Waals surface area contributed by atoms with Gasteiger partial charge in [0.2, 0.25) is 10.9 Å². The van der Waals surface area contributed by atoms with Crippen molar-refractivity contribution in [3.63, 3.8) is 0 Å². The van der Waals surface area contributed by atoms with E-state index in [0.717, 1.165) is 44.0 Å². The first kappa shape index (κ1) is 20.9. The molecule has 166 valence electrons. The largest absolute Gasteiger partial charge is 0.336 e. The van der Waals surface area contributed by atoms with Gasteiger partial charge in [-0.3, -0.25) is 14.7 Å². The predicted molar refractivity (Wildman–Crippen MR) is 126 cm³/mol. The van der Waals surface area contributed by atoms with Crippen LogP contribution in [0.25, 0.3) is 10.9 Å². The molecule has 0 bridgehead atoms. The maximum absolute atomic E-state index is 13.0. The minimum absolute atomic E-state index is 0.00693. The number of para-hydroxylation sites is 1. The van der Waals surface area contributed by atoms with Gasteiger partial charge in [0.15, 0.2) is 0 Å². The van der Waals surface area contributed by atoms with Crippen LogP contribution in [0.1, 0.15) is 23.2 Å². The number of carbonyl (C=O) groups excluding carboxylic acids is 1. The fourth-order valence-corrected chi connectivity index (χ4v) is 4.97. The van der Waals surface area contributed by atoms with Crippen molar-refractivity contribution >= 4 is 39.1 Å². The van der Waals surface area contributed by atoms with E-state index in [2.05, 4.69) is 9.88 Å². The molecule has 3 aromatic rings. The van der Waals surface area contributed by atoms with E-state index in [1.165, 1.54) is 17.1 Å². The number of rotatable bonds is 6. The van der Waals surface area contributed by atoms with Crippen LogP contribution in [-0.4, -0.2) is 61.8 Å². The number of hydrogen-bond acceptors (Lipinski definition) is 5. The Bertz CT molecular complexity index is 1190. The number of benzene rings is 2. The van der Waals surface area contributed by atoms with Gasteiger partial charge < -0.3 is 4.90 Å². The summed E-state index contributed by atoms with van der Waals surface area (Å²) in [7, 11) is -2.94. The monoisotopic (exact) mass is 450 g/mol. The van der Waals surface area contributed by atoms with Crippen LogP contribution < -0.4 is 4.31 Å². The molecule has 0 unspecified atom stereocenters. The Labute approximate surface area is 189 Å². The molecular weight excluding hydrogens is 424 g/mol. The number of thiol groups is 1. The maximum atomic E-state index is 13.0. The molecule has 1 aliphatic heterocycles. The molecule has 2 fully saturated rings. The van der Waals surface area contributed by atoms with Gasteiger partial charge >= 0.3 is 0 Å². The fraction of sp³-hybridized carbons (Fsp3) is 0.333. The third kappa shape index (κ3) is 4.33. The van der Waals surface area contributed by atoms with E-state index in [-0.39, 0.29) is 5.91 Å². The van der Waals surface area contributed by atoms with E-state index in [4.69, 9.17) is 0 Å². The van der Waals surface area contributed by atoms with Crippen LogP contribution in [-0.2, 0) is 10.9 Å². The van der Waals surface area contributed by atoms with Crippen LogP contribution in [0.5, 0.6) is 0 Å². The summed E-state index contributed by atoms with van der Waals surface area (Å²) in [6.45, 7) is 4.45. The maximum Gasteiger partial charge on any atom is 0.253 e. The number of fused-ring (bicyclic) bond motifs is 1. The molecule has 32 heavy (non-hydrogen) atoms. The van der Waals surface area contributed by atoms with E-state index in [1.807, 2.05) is 29.2 Å². The van der Waals surface area contributed by atoms with Gasteiger partial charge in [-0.15, -0.1) is 0 Å². The molecule has 1 saturated carbocycles. The summed E-state index contributed by atoms with van der Waals surface area (Å²) in [5.41, 5.74) is 2.15. The Balaban J connectivity index is 1.34. The highest BCUT2D eigenvalue weighted by Crippen LogP contribution is 2.32. The molecule has 2 aliphatic rings. The second-order valence-electron chi connectivity index (χ2n) is 8.48. The first-order valence-electron chi connectivity index (χ1n) is 11.0. The van der Waals surface area contributed by atoms with Crippen LogP contribution in [0, 0.1) is 5.92 Å². The Morgan fingerprint density at radius 2 is 1.69 bits per heavy atom. The number of pyridine rings is 1. The van der Waals surface area contributed by atoms with Gasteiger partial charge in [0.1, 0.15) is 0 Å². The standard InChI is InChI=1S/C24H26N4O3S/c29-24(27-15-13-26(14-16-27)17-18-6-7-18)20-8-10-21(11-9-20)28(32(30)31)22-5-1-3-19-4-2-12-25-23(19)22/h1-5,8-12,18,32H,6-7,13-17H2. The zero-order chi connectivity index (χ0) is 22.1. The van der Waals surface area contributed by atoms with Crippen molar-refractivity contribution in [3.8, 4) is 0 Å². The van der Waals surface area contributed by atoms with Gasteiger partial charge in [-0.2, -0.15) is 0 Å². The highest BCUT2D eigenvalue weighted by Gasteiger charge is 2.28. The van der Waals surface area contributed by atoms with E-state index >= 15 is 0 Å². The second kappa shape index (κ2) is 8.88. The summed E-state index contributed by atoms with van der Waals surface area (Å²) in [6, 6.07) is 15.9. The SMILES string of the molecule is O=C(c1ccc(N(c2cccc3cccnc23)[SH](=O)=O)cc1)N1CCN(CC2CC2)CC1. The quantitative estimate of drug-likeness (QED) is 0.585. The second-order valence-corrected chi connectivity index (χ2v) is 9.36. The van der Waals surface area contributed by atoms with Crippen LogP contribution >= 0.6 is 0 Å². The first-order valence-corrected chi connectivity index (χ1v) is 12.1. The summed E-state index contributed by atoms with van der Waals surface area (Å²) >= 11 is 0. The van der Waals surface area contributed by atoms with Crippen molar-refractivity contribution in [2.75, 3.05) is 37.0 Å². The van der Waals surface area contributed by atoms with Crippen molar-refractivity contribution < 1.29 is 13.2 Å². The smallest absolute Gasteiger partial charge is 0.253 e. The zero-order valence-corrected chi connectivity index (χ0v) is 18.7. The Kier molecular flexibility index (Phi) is 5.80. The number of piperazine rings is 1. The molecule has 0 spiro atoms. The number of amides is 1. The van der Waals surface area contributed by atoms with Gasteiger partial charge in [0.25, 0.3) is 5.91 Å². The zero-order valence-electron chi connectivity index (χ0n) is 17.8. The average Bonchev–Trinajstić information content (AvgIpc) is 3.64. The number of anilines is 2. The molecular formula is C24H26N4O3S. The van der Waals surface area contributed by atoms with Crippen LogP contribution in [0.15, 0.2) is 60.8 Å².